The molecule has 8 heteroatoms. The summed E-state index contributed by atoms with van der Waals surface area (Å²) in [6, 6.07) is 19.1. The van der Waals surface area contributed by atoms with Gasteiger partial charge in [-0.3, -0.25) is 4.79 Å². The molecule has 184 valence electrons. The first-order chi connectivity index (χ1) is 17.3. The summed E-state index contributed by atoms with van der Waals surface area (Å²) < 4.78 is 33.6. The lowest BCUT2D eigenvalue weighted by Gasteiger charge is -2.21. The molecule has 2 aromatic heterocycles. The number of aryl methyl sites for hydroxylation is 3. The van der Waals surface area contributed by atoms with Crippen LogP contribution in [0, 0.1) is 6.92 Å². The summed E-state index contributed by atoms with van der Waals surface area (Å²) >= 11 is 0. The van der Waals surface area contributed by atoms with Gasteiger partial charge in [-0.25, -0.2) is 13.2 Å². The zero-order valence-corrected chi connectivity index (χ0v) is 20.9. The quantitative estimate of drug-likeness (QED) is 0.396. The van der Waals surface area contributed by atoms with Gasteiger partial charge in [-0.15, -0.1) is 0 Å². The number of ether oxygens (including phenoxy) is 1. The lowest BCUT2D eigenvalue weighted by atomic mass is 9.94. The molecule has 0 bridgehead atoms. The Morgan fingerprint density at radius 1 is 1.00 bits per heavy atom. The number of hydrogen-bond acceptors (Lipinski definition) is 5. The van der Waals surface area contributed by atoms with E-state index in [0.29, 0.717) is 36.5 Å². The van der Waals surface area contributed by atoms with E-state index in [4.69, 9.17) is 4.74 Å². The average Bonchev–Trinajstić information content (AvgIpc) is 3.24. The van der Waals surface area contributed by atoms with Crippen LogP contribution in [-0.2, 0) is 34.0 Å². The molecule has 0 saturated carbocycles. The van der Waals surface area contributed by atoms with Gasteiger partial charge >= 0.3 is 5.97 Å². The number of sulfone groups is 1. The van der Waals surface area contributed by atoms with Gasteiger partial charge in [0.05, 0.1) is 22.9 Å². The van der Waals surface area contributed by atoms with Gasteiger partial charge in [0.25, 0.3) is 5.56 Å². The lowest BCUT2D eigenvalue weighted by molar-refractivity contribution is 0.0514. The van der Waals surface area contributed by atoms with Crippen molar-refractivity contribution in [1.82, 2.24) is 9.55 Å². The highest BCUT2D eigenvalue weighted by Gasteiger charge is 2.30. The number of esters is 1. The number of carbonyl (C=O) groups is 1. The Morgan fingerprint density at radius 2 is 1.69 bits per heavy atom. The van der Waals surface area contributed by atoms with E-state index in [2.05, 4.69) is 4.98 Å². The van der Waals surface area contributed by atoms with Crippen molar-refractivity contribution >= 4 is 15.8 Å². The molecule has 0 saturated heterocycles. The van der Waals surface area contributed by atoms with Crippen LogP contribution in [0.15, 0.2) is 81.3 Å². The topological polar surface area (TPSA) is 98.2 Å². The van der Waals surface area contributed by atoms with Crippen molar-refractivity contribution in [2.75, 3.05) is 6.61 Å². The minimum absolute atomic E-state index is 0.0690. The molecule has 0 unspecified atom stereocenters. The van der Waals surface area contributed by atoms with E-state index in [-0.39, 0.29) is 16.4 Å². The van der Waals surface area contributed by atoms with E-state index in [1.165, 1.54) is 18.2 Å². The molecular weight excluding hydrogens is 476 g/mol. The summed E-state index contributed by atoms with van der Waals surface area (Å²) in [4.78, 5) is 28.7. The fourth-order valence-electron chi connectivity index (χ4n) is 4.74. The number of fused-ring (bicyclic) bond motifs is 3. The van der Waals surface area contributed by atoms with Crippen molar-refractivity contribution in [3.63, 3.8) is 0 Å². The van der Waals surface area contributed by atoms with Crippen molar-refractivity contribution in [3.05, 3.63) is 105 Å². The van der Waals surface area contributed by atoms with E-state index in [1.54, 1.807) is 25.1 Å². The smallest absolute Gasteiger partial charge is 0.354 e. The Hall–Kier alpha value is -3.91. The third-order valence-corrected chi connectivity index (χ3v) is 8.36. The first-order valence-electron chi connectivity index (χ1n) is 11.8. The molecule has 2 heterocycles. The zero-order chi connectivity index (χ0) is 25.4. The van der Waals surface area contributed by atoms with Gasteiger partial charge in [0.1, 0.15) is 10.6 Å². The minimum Gasteiger partial charge on any atom is -0.461 e. The largest absolute Gasteiger partial charge is 0.461 e. The average molecular weight is 503 g/mol. The van der Waals surface area contributed by atoms with Crippen LogP contribution in [0.25, 0.3) is 11.4 Å². The molecule has 1 N–H and O–H groups in total. The van der Waals surface area contributed by atoms with E-state index in [0.717, 1.165) is 22.3 Å². The predicted octanol–water partition coefficient (Wildman–Crippen LogP) is 4.31. The van der Waals surface area contributed by atoms with Gasteiger partial charge in [-0.05, 0) is 73.2 Å². The van der Waals surface area contributed by atoms with E-state index in [9.17, 15) is 18.0 Å². The molecule has 0 fully saturated rings. The van der Waals surface area contributed by atoms with E-state index >= 15 is 0 Å². The monoisotopic (exact) mass is 502 g/mol. The summed E-state index contributed by atoms with van der Waals surface area (Å²) in [7, 11) is -3.99. The molecule has 0 atom stereocenters. The van der Waals surface area contributed by atoms with Gasteiger partial charge in [-0.2, -0.15) is 0 Å². The number of nitrogens with zero attached hydrogens (tertiary/aromatic N) is 1. The number of nitrogens with one attached hydrogen (secondary N) is 1. The molecule has 36 heavy (non-hydrogen) atoms. The number of pyridine rings is 1. The highest BCUT2D eigenvalue weighted by Crippen LogP contribution is 2.36. The molecule has 0 spiro atoms. The zero-order valence-electron chi connectivity index (χ0n) is 20.1. The molecule has 0 amide bonds. The number of rotatable bonds is 6. The van der Waals surface area contributed by atoms with Gasteiger partial charge in [0.15, 0.2) is 0 Å². The van der Waals surface area contributed by atoms with Crippen LogP contribution >= 0.6 is 0 Å². The summed E-state index contributed by atoms with van der Waals surface area (Å²) in [5, 5.41) is 0. The number of aromatic amines is 1. The minimum atomic E-state index is -3.99. The molecule has 1 aliphatic carbocycles. The maximum atomic E-state index is 13.2. The van der Waals surface area contributed by atoms with Crippen LogP contribution in [0.3, 0.4) is 0 Å². The Morgan fingerprint density at radius 3 is 2.42 bits per heavy atom. The van der Waals surface area contributed by atoms with Crippen molar-refractivity contribution in [2.24, 2.45) is 0 Å². The van der Waals surface area contributed by atoms with Crippen LogP contribution in [0.4, 0.5) is 0 Å². The fourth-order valence-corrected chi connectivity index (χ4v) is 6.10. The van der Waals surface area contributed by atoms with Crippen molar-refractivity contribution in [3.8, 4) is 11.4 Å². The number of hydrogen-bond donors (Lipinski definition) is 1. The Labute approximate surface area is 209 Å². The predicted molar refractivity (Wildman–Crippen MR) is 136 cm³/mol. The van der Waals surface area contributed by atoms with Crippen molar-refractivity contribution in [1.29, 1.82) is 0 Å². The highest BCUT2D eigenvalue weighted by molar-refractivity contribution is 7.91. The normalized spacial score (nSPS) is 12.6. The van der Waals surface area contributed by atoms with Gasteiger partial charge in [0.2, 0.25) is 9.84 Å². The molecule has 4 aromatic rings. The first kappa shape index (κ1) is 23.8. The van der Waals surface area contributed by atoms with Gasteiger partial charge in [-0.1, -0.05) is 42.5 Å². The maximum Gasteiger partial charge on any atom is 0.354 e. The molecular formula is C28H26N2O5S. The molecule has 2 aromatic carbocycles. The maximum absolute atomic E-state index is 13.2. The van der Waals surface area contributed by atoms with Crippen molar-refractivity contribution < 1.29 is 17.9 Å². The SMILES string of the molecule is CCOC(=O)c1cc2c(n1Cc1ccccc1C)-c1[nH]c(=O)c(S(=O)(=O)c3ccccc3)cc1CC2. The van der Waals surface area contributed by atoms with Crippen LogP contribution in [-0.4, -0.2) is 30.5 Å². The molecule has 7 nitrogen and oxygen atoms in total. The standard InChI is InChI=1S/C28H26N2O5S/c1-3-35-28(32)23-15-20-14-13-19-16-24(36(33,34)22-11-5-4-6-12-22)27(31)29-25(19)26(20)30(23)17-21-10-8-7-9-18(21)2/h4-12,15-16H,3,13-14,17H2,1-2H3,(H,29,31). The highest BCUT2D eigenvalue weighted by atomic mass is 32.2. The first-order valence-corrected chi connectivity index (χ1v) is 13.3. The van der Waals surface area contributed by atoms with Crippen LogP contribution in [0.1, 0.15) is 39.7 Å². The molecule has 0 aliphatic heterocycles. The lowest BCUT2D eigenvalue weighted by Crippen LogP contribution is -2.22. The summed E-state index contributed by atoms with van der Waals surface area (Å²) in [5.41, 5.74) is 4.69. The Balaban J connectivity index is 1.69. The number of aromatic nitrogens is 2. The number of carbonyl (C=O) groups excluding carboxylic acids is 1. The second-order valence-electron chi connectivity index (χ2n) is 8.82. The van der Waals surface area contributed by atoms with E-state index < -0.39 is 21.4 Å². The Bertz CT molecular complexity index is 1630. The summed E-state index contributed by atoms with van der Waals surface area (Å²) in [5.74, 6) is -0.437. The molecule has 5 rings (SSSR count). The summed E-state index contributed by atoms with van der Waals surface area (Å²) in [6.45, 7) is 4.41. The molecule has 0 radical (unpaired) electrons. The number of benzene rings is 2. The van der Waals surface area contributed by atoms with Crippen LogP contribution < -0.4 is 5.56 Å². The second kappa shape index (κ2) is 9.28. The third-order valence-electron chi connectivity index (χ3n) is 6.58. The fraction of sp³-hybridized carbons (Fsp3) is 0.214. The van der Waals surface area contributed by atoms with Crippen molar-refractivity contribution in [2.45, 2.75) is 43.0 Å². The third kappa shape index (κ3) is 4.07. The summed E-state index contributed by atoms with van der Waals surface area (Å²) in [6.07, 6.45) is 1.14. The van der Waals surface area contributed by atoms with Crippen LogP contribution in [0.5, 0.6) is 0 Å². The number of H-pyrrole nitrogens is 1. The van der Waals surface area contributed by atoms with Gasteiger partial charge in [0, 0.05) is 6.54 Å². The van der Waals surface area contributed by atoms with Crippen LogP contribution in [0.2, 0.25) is 0 Å². The second-order valence-corrected chi connectivity index (χ2v) is 10.7. The Kier molecular flexibility index (Phi) is 6.14. The molecule has 1 aliphatic rings. The van der Waals surface area contributed by atoms with E-state index in [1.807, 2.05) is 41.8 Å². The van der Waals surface area contributed by atoms with Gasteiger partial charge < -0.3 is 14.3 Å².